The van der Waals surface area contributed by atoms with Gasteiger partial charge in [0.1, 0.15) is 12.4 Å². The summed E-state index contributed by atoms with van der Waals surface area (Å²) in [5, 5.41) is 3.02. The van der Waals surface area contributed by atoms with E-state index in [-0.39, 0.29) is 11.8 Å². The van der Waals surface area contributed by atoms with Crippen LogP contribution >= 0.6 is 22.6 Å². The molecule has 2 amide bonds. The van der Waals surface area contributed by atoms with Crippen molar-refractivity contribution in [1.82, 2.24) is 4.90 Å². The molecule has 3 aromatic rings. The first-order valence-corrected chi connectivity index (χ1v) is 11.7. The summed E-state index contributed by atoms with van der Waals surface area (Å²) in [4.78, 5) is 26.7. The summed E-state index contributed by atoms with van der Waals surface area (Å²) in [6, 6.07) is 21.5. The molecular formula is C26H25IN2O3. The van der Waals surface area contributed by atoms with Crippen LogP contribution in [0.3, 0.4) is 0 Å². The molecule has 0 fully saturated rings. The third-order valence-electron chi connectivity index (χ3n) is 5.64. The predicted octanol–water partition coefficient (Wildman–Crippen LogP) is 5.07. The lowest BCUT2D eigenvalue weighted by atomic mass is 10.0. The predicted molar refractivity (Wildman–Crippen MR) is 134 cm³/mol. The highest BCUT2D eigenvalue weighted by atomic mass is 127. The second kappa shape index (κ2) is 10.2. The highest BCUT2D eigenvalue weighted by molar-refractivity contribution is 14.1. The molecule has 6 heteroatoms. The minimum atomic E-state index is -0.205. The number of carbonyl (C=O) groups is 2. The number of carbonyl (C=O) groups excluding carboxylic acids is 2. The van der Waals surface area contributed by atoms with Gasteiger partial charge in [0, 0.05) is 29.3 Å². The molecule has 0 bridgehead atoms. The molecule has 1 N–H and O–H groups in total. The van der Waals surface area contributed by atoms with E-state index >= 15 is 0 Å². The summed E-state index contributed by atoms with van der Waals surface area (Å²) in [6.07, 6.45) is 1.62. The lowest BCUT2D eigenvalue weighted by Crippen LogP contribution is -2.30. The zero-order valence-electron chi connectivity index (χ0n) is 17.9. The second-order valence-corrected chi connectivity index (χ2v) is 9.10. The number of amides is 2. The fourth-order valence-corrected chi connectivity index (χ4v) is 4.32. The molecule has 1 aliphatic rings. The molecule has 32 heavy (non-hydrogen) atoms. The van der Waals surface area contributed by atoms with Gasteiger partial charge >= 0.3 is 0 Å². The van der Waals surface area contributed by atoms with E-state index in [4.69, 9.17) is 4.74 Å². The minimum Gasteiger partial charge on any atom is -0.488 e. The minimum absolute atomic E-state index is 0.105. The van der Waals surface area contributed by atoms with Gasteiger partial charge in [-0.25, -0.2) is 0 Å². The van der Waals surface area contributed by atoms with Crippen LogP contribution in [-0.4, -0.2) is 29.8 Å². The molecule has 164 valence electrons. The topological polar surface area (TPSA) is 58.6 Å². The van der Waals surface area contributed by atoms with Crippen LogP contribution in [0.15, 0.2) is 66.7 Å². The second-order valence-electron chi connectivity index (χ2n) is 7.86. The van der Waals surface area contributed by atoms with Crippen LogP contribution in [0.5, 0.6) is 5.75 Å². The molecule has 0 unspecified atom stereocenters. The summed E-state index contributed by atoms with van der Waals surface area (Å²) >= 11 is 2.22. The number of fused-ring (bicyclic) bond motifs is 1. The smallest absolute Gasteiger partial charge is 0.259 e. The van der Waals surface area contributed by atoms with E-state index in [2.05, 4.69) is 34.0 Å². The van der Waals surface area contributed by atoms with Crippen LogP contribution in [0.2, 0.25) is 0 Å². The van der Waals surface area contributed by atoms with Crippen molar-refractivity contribution >= 4 is 40.1 Å². The van der Waals surface area contributed by atoms with E-state index in [9.17, 15) is 9.59 Å². The van der Waals surface area contributed by atoms with Gasteiger partial charge < -0.3 is 15.0 Å². The van der Waals surface area contributed by atoms with E-state index in [1.165, 1.54) is 11.1 Å². The Morgan fingerprint density at radius 3 is 2.47 bits per heavy atom. The molecule has 0 aliphatic carbocycles. The number of nitrogens with zero attached hydrogens (tertiary/aromatic N) is 1. The number of anilines is 1. The first-order chi connectivity index (χ1) is 15.5. The SMILES string of the molecule is CC(=O)N1CCc2ccc(NC(=O)c3ccc(I)cc3OCc3ccccc3)cc2CC1. The number of hydrogen-bond acceptors (Lipinski definition) is 3. The first kappa shape index (κ1) is 22.3. The molecule has 0 aromatic heterocycles. The Balaban J connectivity index is 1.49. The van der Waals surface area contributed by atoms with Crippen molar-refractivity contribution in [3.8, 4) is 5.75 Å². The quantitative estimate of drug-likeness (QED) is 0.460. The molecule has 0 saturated heterocycles. The summed E-state index contributed by atoms with van der Waals surface area (Å²) in [5.74, 6) is 0.460. The van der Waals surface area contributed by atoms with Gasteiger partial charge in [-0.15, -0.1) is 0 Å². The van der Waals surface area contributed by atoms with Crippen LogP contribution in [0.1, 0.15) is 34.0 Å². The van der Waals surface area contributed by atoms with E-state index in [1.807, 2.05) is 59.5 Å². The van der Waals surface area contributed by atoms with E-state index in [0.717, 1.165) is 34.2 Å². The van der Waals surface area contributed by atoms with Crippen molar-refractivity contribution in [3.63, 3.8) is 0 Å². The molecule has 1 aliphatic heterocycles. The lowest BCUT2D eigenvalue weighted by molar-refractivity contribution is -0.128. The average Bonchev–Trinajstić information content (AvgIpc) is 3.01. The van der Waals surface area contributed by atoms with Crippen LogP contribution in [0.4, 0.5) is 5.69 Å². The van der Waals surface area contributed by atoms with Gasteiger partial charge in [-0.05, 0) is 82.5 Å². The summed E-state index contributed by atoms with van der Waals surface area (Å²) in [5.41, 5.74) is 4.70. The van der Waals surface area contributed by atoms with Crippen LogP contribution < -0.4 is 10.1 Å². The zero-order valence-corrected chi connectivity index (χ0v) is 20.1. The van der Waals surface area contributed by atoms with Crippen molar-refractivity contribution in [2.75, 3.05) is 18.4 Å². The van der Waals surface area contributed by atoms with Gasteiger partial charge in [-0.3, -0.25) is 9.59 Å². The standard InChI is InChI=1S/C26H25IN2O3/c1-18(30)29-13-11-20-7-9-23(15-21(20)12-14-29)28-26(31)24-10-8-22(27)16-25(24)32-17-19-5-3-2-4-6-19/h2-10,15-16H,11-14,17H2,1H3,(H,28,31). The summed E-state index contributed by atoms with van der Waals surface area (Å²) in [7, 11) is 0. The van der Waals surface area contributed by atoms with Crippen molar-refractivity contribution < 1.29 is 14.3 Å². The maximum atomic E-state index is 13.1. The lowest BCUT2D eigenvalue weighted by Gasteiger charge is -2.17. The molecule has 0 radical (unpaired) electrons. The molecule has 1 heterocycles. The van der Waals surface area contributed by atoms with Crippen molar-refractivity contribution in [1.29, 1.82) is 0 Å². The summed E-state index contributed by atoms with van der Waals surface area (Å²) in [6.45, 7) is 3.44. The van der Waals surface area contributed by atoms with E-state index in [1.54, 1.807) is 13.0 Å². The molecule has 4 rings (SSSR count). The number of halogens is 1. The highest BCUT2D eigenvalue weighted by Crippen LogP contribution is 2.26. The monoisotopic (exact) mass is 540 g/mol. The highest BCUT2D eigenvalue weighted by Gasteiger charge is 2.18. The first-order valence-electron chi connectivity index (χ1n) is 10.6. The maximum Gasteiger partial charge on any atom is 0.259 e. The van der Waals surface area contributed by atoms with Crippen LogP contribution in [0, 0.1) is 3.57 Å². The fraction of sp³-hybridized carbons (Fsp3) is 0.231. The number of nitrogens with one attached hydrogen (secondary N) is 1. The van der Waals surface area contributed by atoms with Gasteiger partial charge in [0.15, 0.2) is 0 Å². The van der Waals surface area contributed by atoms with Crippen molar-refractivity contribution in [2.45, 2.75) is 26.4 Å². The molecule has 0 atom stereocenters. The van der Waals surface area contributed by atoms with Crippen molar-refractivity contribution in [2.24, 2.45) is 0 Å². The fourth-order valence-electron chi connectivity index (χ4n) is 3.85. The largest absolute Gasteiger partial charge is 0.488 e. The van der Waals surface area contributed by atoms with Crippen molar-refractivity contribution in [3.05, 3.63) is 92.6 Å². The van der Waals surface area contributed by atoms with Gasteiger partial charge in [0.25, 0.3) is 5.91 Å². The Morgan fingerprint density at radius 2 is 1.72 bits per heavy atom. The Hall–Kier alpha value is -2.87. The Labute approximate surface area is 201 Å². The Kier molecular flexibility index (Phi) is 7.09. The molecule has 0 saturated carbocycles. The van der Waals surface area contributed by atoms with E-state index < -0.39 is 0 Å². The number of ether oxygens (including phenoxy) is 1. The normalized spacial score (nSPS) is 13.1. The Morgan fingerprint density at radius 1 is 0.969 bits per heavy atom. The molecule has 0 spiro atoms. The zero-order chi connectivity index (χ0) is 22.5. The van der Waals surface area contributed by atoms with Crippen LogP contribution in [-0.2, 0) is 24.2 Å². The van der Waals surface area contributed by atoms with E-state index in [0.29, 0.717) is 24.5 Å². The molecule has 3 aromatic carbocycles. The molecule has 5 nitrogen and oxygen atoms in total. The number of benzene rings is 3. The maximum absolute atomic E-state index is 13.1. The van der Waals surface area contributed by atoms with Crippen LogP contribution in [0.25, 0.3) is 0 Å². The number of hydrogen-bond donors (Lipinski definition) is 1. The third kappa shape index (κ3) is 5.48. The average molecular weight is 540 g/mol. The van der Waals surface area contributed by atoms with Gasteiger partial charge in [-0.2, -0.15) is 0 Å². The molecular weight excluding hydrogens is 515 g/mol. The number of rotatable bonds is 5. The van der Waals surface area contributed by atoms with Gasteiger partial charge in [0.2, 0.25) is 5.91 Å². The third-order valence-corrected chi connectivity index (χ3v) is 6.31. The van der Waals surface area contributed by atoms with Gasteiger partial charge in [0.05, 0.1) is 5.56 Å². The Bertz CT molecular complexity index is 1130. The summed E-state index contributed by atoms with van der Waals surface area (Å²) < 4.78 is 7.00. The van der Waals surface area contributed by atoms with Gasteiger partial charge in [-0.1, -0.05) is 36.4 Å².